The second-order valence-electron chi connectivity index (χ2n) is 5.50. The predicted octanol–water partition coefficient (Wildman–Crippen LogP) is 3.29. The van der Waals surface area contributed by atoms with Gasteiger partial charge in [0, 0.05) is 17.4 Å². The molecule has 0 unspecified atom stereocenters. The largest absolute Gasteiger partial charge is 0.423 e. The molecule has 0 radical (unpaired) electrons. The van der Waals surface area contributed by atoms with Gasteiger partial charge in [-0.3, -0.25) is 0 Å². The summed E-state index contributed by atoms with van der Waals surface area (Å²) in [5, 5.41) is 0. The summed E-state index contributed by atoms with van der Waals surface area (Å²) in [7, 11) is 0. The van der Waals surface area contributed by atoms with Gasteiger partial charge in [0.2, 0.25) is 0 Å². The van der Waals surface area contributed by atoms with Gasteiger partial charge in [-0.15, -0.1) is 0 Å². The van der Waals surface area contributed by atoms with Crippen molar-refractivity contribution in [3.8, 4) is 11.5 Å². The van der Waals surface area contributed by atoms with Gasteiger partial charge < -0.3 is 20.9 Å². The summed E-state index contributed by atoms with van der Waals surface area (Å²) in [6, 6.07) is 19.1. The van der Waals surface area contributed by atoms with E-state index in [1.807, 2.05) is 0 Å². The number of carbonyl (C=O) groups is 2. The van der Waals surface area contributed by atoms with Gasteiger partial charge in [0.05, 0.1) is 11.1 Å². The number of hydrogen-bond acceptors (Lipinski definition) is 6. The number of rotatable bonds is 4. The molecule has 0 bridgehead atoms. The zero-order chi connectivity index (χ0) is 18.5. The van der Waals surface area contributed by atoms with Crippen molar-refractivity contribution < 1.29 is 19.1 Å². The van der Waals surface area contributed by atoms with E-state index in [1.165, 1.54) is 30.3 Å². The van der Waals surface area contributed by atoms with E-state index in [0.29, 0.717) is 34.0 Å². The molecule has 0 aliphatic heterocycles. The molecule has 26 heavy (non-hydrogen) atoms. The number of anilines is 2. The van der Waals surface area contributed by atoms with Crippen LogP contribution in [0.25, 0.3) is 0 Å². The Morgan fingerprint density at radius 1 is 0.615 bits per heavy atom. The molecule has 3 rings (SSSR count). The minimum Gasteiger partial charge on any atom is -0.423 e. The Balaban J connectivity index is 1.66. The highest BCUT2D eigenvalue weighted by atomic mass is 16.5. The number of benzene rings is 3. The van der Waals surface area contributed by atoms with Crippen LogP contribution in [0.2, 0.25) is 0 Å². The summed E-state index contributed by atoms with van der Waals surface area (Å²) >= 11 is 0. The fourth-order valence-corrected chi connectivity index (χ4v) is 2.23. The van der Waals surface area contributed by atoms with Crippen LogP contribution in [0.4, 0.5) is 11.4 Å². The van der Waals surface area contributed by atoms with Crippen LogP contribution < -0.4 is 20.9 Å². The van der Waals surface area contributed by atoms with E-state index in [4.69, 9.17) is 20.9 Å². The number of ether oxygens (including phenoxy) is 2. The highest BCUT2D eigenvalue weighted by molar-refractivity contribution is 5.93. The number of nitrogens with two attached hydrogens (primary N) is 2. The lowest BCUT2D eigenvalue weighted by atomic mass is 10.2. The fourth-order valence-electron chi connectivity index (χ4n) is 2.23. The van der Waals surface area contributed by atoms with E-state index >= 15 is 0 Å². The summed E-state index contributed by atoms with van der Waals surface area (Å²) in [5.74, 6) is -0.415. The summed E-state index contributed by atoms with van der Waals surface area (Å²) in [6.45, 7) is 0. The maximum absolute atomic E-state index is 12.1. The number of esters is 2. The molecule has 0 saturated heterocycles. The van der Waals surface area contributed by atoms with Crippen LogP contribution in [0.3, 0.4) is 0 Å². The van der Waals surface area contributed by atoms with Crippen molar-refractivity contribution in [2.24, 2.45) is 0 Å². The molecule has 3 aromatic rings. The van der Waals surface area contributed by atoms with Crippen molar-refractivity contribution in [1.29, 1.82) is 0 Å². The maximum atomic E-state index is 12.1. The molecule has 4 N–H and O–H groups in total. The molecule has 6 nitrogen and oxygen atoms in total. The molecule has 6 heteroatoms. The van der Waals surface area contributed by atoms with Crippen LogP contribution in [0.1, 0.15) is 20.7 Å². The molecule has 0 heterocycles. The van der Waals surface area contributed by atoms with E-state index in [9.17, 15) is 9.59 Å². The van der Waals surface area contributed by atoms with Crippen molar-refractivity contribution >= 4 is 23.3 Å². The van der Waals surface area contributed by atoms with Crippen LogP contribution in [0.15, 0.2) is 72.8 Å². The third-order valence-corrected chi connectivity index (χ3v) is 3.49. The first-order valence-electron chi connectivity index (χ1n) is 7.77. The lowest BCUT2D eigenvalue weighted by molar-refractivity contribution is 0.0730. The summed E-state index contributed by atoms with van der Waals surface area (Å²) in [4.78, 5) is 24.2. The Labute approximate surface area is 150 Å². The lowest BCUT2D eigenvalue weighted by Gasteiger charge is -2.07. The molecule has 130 valence electrons. The monoisotopic (exact) mass is 348 g/mol. The van der Waals surface area contributed by atoms with Crippen molar-refractivity contribution in [1.82, 2.24) is 0 Å². The van der Waals surface area contributed by atoms with Crippen molar-refractivity contribution in [2.45, 2.75) is 0 Å². The summed E-state index contributed by atoms with van der Waals surface area (Å²) in [5.41, 5.74) is 12.9. The van der Waals surface area contributed by atoms with E-state index in [1.54, 1.807) is 42.5 Å². The maximum Gasteiger partial charge on any atom is 0.343 e. The molecule has 0 spiro atoms. The highest BCUT2D eigenvalue weighted by Gasteiger charge is 2.12. The fraction of sp³-hybridized carbons (Fsp3) is 0. The Kier molecular flexibility index (Phi) is 4.85. The van der Waals surface area contributed by atoms with Crippen LogP contribution >= 0.6 is 0 Å². The van der Waals surface area contributed by atoms with Crippen molar-refractivity contribution in [2.75, 3.05) is 11.5 Å². The molecule has 0 atom stereocenters. The third kappa shape index (κ3) is 4.18. The summed E-state index contributed by atoms with van der Waals surface area (Å²) in [6.07, 6.45) is 0. The zero-order valence-electron chi connectivity index (χ0n) is 13.7. The average molecular weight is 348 g/mol. The number of hydrogen-bond donors (Lipinski definition) is 2. The van der Waals surface area contributed by atoms with Crippen molar-refractivity contribution in [3.05, 3.63) is 83.9 Å². The Hall–Kier alpha value is -3.80. The normalized spacial score (nSPS) is 10.2. The van der Waals surface area contributed by atoms with Gasteiger partial charge in [-0.1, -0.05) is 12.1 Å². The SMILES string of the molecule is Nc1cccc(OC(=O)c2ccc(OC(=O)c3cccc(N)c3)cc2)c1. The number of carbonyl (C=O) groups excluding carboxylic acids is 2. The molecule has 3 aromatic carbocycles. The molecule has 0 aliphatic carbocycles. The predicted molar refractivity (Wildman–Crippen MR) is 98.1 cm³/mol. The Morgan fingerprint density at radius 3 is 1.85 bits per heavy atom. The number of nitrogen functional groups attached to an aromatic ring is 2. The lowest BCUT2D eigenvalue weighted by Crippen LogP contribution is -2.10. The topological polar surface area (TPSA) is 105 Å². The van der Waals surface area contributed by atoms with Crippen LogP contribution in [-0.2, 0) is 0 Å². The van der Waals surface area contributed by atoms with Crippen molar-refractivity contribution in [3.63, 3.8) is 0 Å². The first-order valence-corrected chi connectivity index (χ1v) is 7.77. The van der Waals surface area contributed by atoms with Gasteiger partial charge in [-0.05, 0) is 54.6 Å². The molecule has 0 saturated carbocycles. The van der Waals surface area contributed by atoms with E-state index in [-0.39, 0.29) is 0 Å². The minimum atomic E-state index is -0.538. The summed E-state index contributed by atoms with van der Waals surface area (Å²) < 4.78 is 10.5. The third-order valence-electron chi connectivity index (χ3n) is 3.49. The first-order chi connectivity index (χ1) is 12.5. The molecule has 0 aromatic heterocycles. The van der Waals surface area contributed by atoms with Gasteiger partial charge in [-0.25, -0.2) is 9.59 Å². The van der Waals surface area contributed by atoms with Crippen LogP contribution in [0.5, 0.6) is 11.5 Å². The molecular formula is C20H16N2O4. The van der Waals surface area contributed by atoms with E-state index in [2.05, 4.69) is 0 Å². The quantitative estimate of drug-likeness (QED) is 0.426. The molecule has 0 amide bonds. The molecule has 0 aliphatic rings. The second-order valence-corrected chi connectivity index (χ2v) is 5.50. The molecular weight excluding hydrogens is 332 g/mol. The smallest absolute Gasteiger partial charge is 0.343 e. The van der Waals surface area contributed by atoms with Crippen LogP contribution in [-0.4, -0.2) is 11.9 Å². The van der Waals surface area contributed by atoms with Gasteiger partial charge >= 0.3 is 11.9 Å². The van der Waals surface area contributed by atoms with Gasteiger partial charge in [0.25, 0.3) is 0 Å². The average Bonchev–Trinajstić information content (AvgIpc) is 2.62. The van der Waals surface area contributed by atoms with Crippen LogP contribution in [0, 0.1) is 0 Å². The Bertz CT molecular complexity index is 952. The Morgan fingerprint density at radius 2 is 1.19 bits per heavy atom. The first kappa shape index (κ1) is 17.0. The minimum absolute atomic E-state index is 0.304. The van der Waals surface area contributed by atoms with E-state index in [0.717, 1.165) is 0 Å². The molecule has 0 fully saturated rings. The van der Waals surface area contributed by atoms with Gasteiger partial charge in [0.15, 0.2) is 0 Å². The van der Waals surface area contributed by atoms with Gasteiger partial charge in [-0.2, -0.15) is 0 Å². The standard InChI is InChI=1S/C20H16N2O4/c21-15-4-1-3-14(11-15)20(24)25-17-9-7-13(8-10-17)19(23)26-18-6-2-5-16(22)12-18/h1-12H,21-22H2. The second kappa shape index (κ2) is 7.40. The van der Waals surface area contributed by atoms with E-state index < -0.39 is 11.9 Å². The highest BCUT2D eigenvalue weighted by Crippen LogP contribution is 2.19. The zero-order valence-corrected chi connectivity index (χ0v) is 13.7. The van der Waals surface area contributed by atoms with Gasteiger partial charge in [0.1, 0.15) is 11.5 Å².